The van der Waals surface area contributed by atoms with Crippen LogP contribution in [0, 0.1) is 17.1 Å². The van der Waals surface area contributed by atoms with Crippen LogP contribution in [0.15, 0.2) is 18.6 Å². The highest BCUT2D eigenvalue weighted by Gasteiger charge is 2.28. The molecule has 1 unspecified atom stereocenters. The molecule has 2 N–H and O–H groups in total. The van der Waals surface area contributed by atoms with E-state index in [-0.39, 0.29) is 30.1 Å². The van der Waals surface area contributed by atoms with Crippen molar-refractivity contribution < 1.29 is 9.18 Å². The monoisotopic (exact) mass is 358 g/mol. The van der Waals surface area contributed by atoms with Gasteiger partial charge in [-0.3, -0.25) is 9.48 Å². The van der Waals surface area contributed by atoms with E-state index in [2.05, 4.69) is 25.7 Å². The summed E-state index contributed by atoms with van der Waals surface area (Å²) in [7, 11) is 1.78. The van der Waals surface area contributed by atoms with Gasteiger partial charge in [0.05, 0.1) is 24.2 Å². The number of nitrogens with zero attached hydrogens (tertiary/aromatic N) is 6. The molecule has 1 amide bonds. The second kappa shape index (κ2) is 7.77. The van der Waals surface area contributed by atoms with Gasteiger partial charge in [0.15, 0.2) is 11.6 Å². The third-order valence-corrected chi connectivity index (χ3v) is 4.14. The molecule has 1 fully saturated rings. The number of likely N-dealkylation sites (tertiary alicyclic amines) is 1. The van der Waals surface area contributed by atoms with Crippen molar-refractivity contribution in [3.05, 3.63) is 24.4 Å². The summed E-state index contributed by atoms with van der Waals surface area (Å²) in [5.74, 6) is -0.467. The zero-order chi connectivity index (χ0) is 18.5. The van der Waals surface area contributed by atoms with Gasteiger partial charge in [0.25, 0.3) is 0 Å². The molecule has 1 aliphatic heterocycles. The lowest BCUT2D eigenvalue weighted by Crippen LogP contribution is -2.39. The van der Waals surface area contributed by atoms with Crippen molar-refractivity contribution in [1.29, 1.82) is 5.26 Å². The fourth-order valence-corrected chi connectivity index (χ4v) is 2.93. The molecule has 2 aromatic heterocycles. The molecular formula is C16H19FN8O. The highest BCUT2D eigenvalue weighted by Crippen LogP contribution is 2.20. The fourth-order valence-electron chi connectivity index (χ4n) is 2.93. The second-order valence-corrected chi connectivity index (χ2v) is 6.02. The Bertz CT molecular complexity index is 830. The minimum atomic E-state index is -0.574. The van der Waals surface area contributed by atoms with E-state index in [9.17, 15) is 9.18 Å². The van der Waals surface area contributed by atoms with E-state index in [1.807, 2.05) is 6.07 Å². The number of halogens is 1. The molecule has 3 rings (SSSR count). The summed E-state index contributed by atoms with van der Waals surface area (Å²) >= 11 is 0. The fraction of sp³-hybridized carbons (Fsp3) is 0.438. The van der Waals surface area contributed by atoms with Crippen LogP contribution in [0.2, 0.25) is 0 Å². The van der Waals surface area contributed by atoms with Gasteiger partial charge < -0.3 is 15.5 Å². The van der Waals surface area contributed by atoms with Crippen LogP contribution in [0.1, 0.15) is 19.3 Å². The first-order chi connectivity index (χ1) is 12.6. The Kier molecular flexibility index (Phi) is 5.26. The van der Waals surface area contributed by atoms with Gasteiger partial charge in [0.1, 0.15) is 6.42 Å². The maximum absolute atomic E-state index is 14.0. The molecule has 0 spiro atoms. The number of carbonyl (C=O) groups excluding carboxylic acids is 1. The highest BCUT2D eigenvalue weighted by atomic mass is 19.1. The van der Waals surface area contributed by atoms with Crippen LogP contribution >= 0.6 is 0 Å². The van der Waals surface area contributed by atoms with E-state index in [1.54, 1.807) is 29.0 Å². The average Bonchev–Trinajstić information content (AvgIpc) is 3.24. The average molecular weight is 358 g/mol. The van der Waals surface area contributed by atoms with E-state index in [4.69, 9.17) is 5.26 Å². The van der Waals surface area contributed by atoms with Gasteiger partial charge in [-0.05, 0) is 12.8 Å². The lowest BCUT2D eigenvalue weighted by atomic mass is 10.2. The van der Waals surface area contributed by atoms with E-state index in [0.29, 0.717) is 18.8 Å². The lowest BCUT2D eigenvalue weighted by Gasteiger charge is -2.24. The number of aromatic nitrogens is 4. The standard InChI is InChI=1S/C16H19FN8O/c1-24-10-11(7-21-24)22-16-20-9-13(17)15(23-16)19-8-12-3-2-6-25(12)14(26)4-5-18/h7,9-10,12H,2-4,6,8H2,1H3,(H2,19,20,22,23). The van der Waals surface area contributed by atoms with Crippen molar-refractivity contribution >= 4 is 23.4 Å². The minimum absolute atomic E-state index is 0.0611. The van der Waals surface area contributed by atoms with Crippen molar-refractivity contribution in [2.24, 2.45) is 7.05 Å². The Morgan fingerprint density at radius 3 is 3.08 bits per heavy atom. The maximum Gasteiger partial charge on any atom is 0.237 e. The van der Waals surface area contributed by atoms with Crippen LogP contribution in [0.25, 0.3) is 0 Å². The molecule has 26 heavy (non-hydrogen) atoms. The molecule has 1 saturated heterocycles. The number of aryl methyl sites for hydroxylation is 1. The molecule has 10 heteroatoms. The molecule has 0 saturated carbocycles. The number of hydrogen-bond donors (Lipinski definition) is 2. The van der Waals surface area contributed by atoms with E-state index in [0.717, 1.165) is 19.0 Å². The Morgan fingerprint density at radius 1 is 1.50 bits per heavy atom. The predicted octanol–water partition coefficient (Wildman–Crippen LogP) is 1.41. The Hall–Kier alpha value is -3.22. The van der Waals surface area contributed by atoms with Gasteiger partial charge in [0.2, 0.25) is 11.9 Å². The summed E-state index contributed by atoms with van der Waals surface area (Å²) in [5.41, 5.74) is 0.689. The number of anilines is 3. The molecule has 3 heterocycles. The normalized spacial score (nSPS) is 16.3. The minimum Gasteiger partial charge on any atom is -0.365 e. The molecular weight excluding hydrogens is 339 g/mol. The summed E-state index contributed by atoms with van der Waals surface area (Å²) < 4.78 is 15.6. The molecule has 1 aliphatic rings. The number of nitriles is 1. The molecule has 136 valence electrons. The summed E-state index contributed by atoms with van der Waals surface area (Å²) in [5, 5.41) is 18.6. The van der Waals surface area contributed by atoms with Crippen LogP contribution in [0.5, 0.6) is 0 Å². The van der Waals surface area contributed by atoms with Crippen LogP contribution in [-0.2, 0) is 11.8 Å². The number of nitrogens with one attached hydrogen (secondary N) is 2. The van der Waals surface area contributed by atoms with Crippen molar-refractivity contribution in [2.75, 3.05) is 23.7 Å². The zero-order valence-corrected chi connectivity index (χ0v) is 14.3. The van der Waals surface area contributed by atoms with Crippen LogP contribution in [-0.4, -0.2) is 49.7 Å². The summed E-state index contributed by atoms with van der Waals surface area (Å²) in [6.07, 6.45) is 5.97. The quantitative estimate of drug-likeness (QED) is 0.803. The van der Waals surface area contributed by atoms with Gasteiger partial charge in [-0.25, -0.2) is 9.37 Å². The third-order valence-electron chi connectivity index (χ3n) is 4.14. The number of hydrogen-bond acceptors (Lipinski definition) is 7. The highest BCUT2D eigenvalue weighted by molar-refractivity contribution is 5.78. The first-order valence-electron chi connectivity index (χ1n) is 8.25. The Labute approximate surface area is 149 Å². The smallest absolute Gasteiger partial charge is 0.237 e. The summed E-state index contributed by atoms with van der Waals surface area (Å²) in [6.45, 7) is 0.977. The van der Waals surface area contributed by atoms with Crippen molar-refractivity contribution in [1.82, 2.24) is 24.6 Å². The maximum atomic E-state index is 14.0. The SMILES string of the molecule is Cn1cc(Nc2ncc(F)c(NCC3CCCN3C(=O)CC#N)n2)cn1. The van der Waals surface area contributed by atoms with Crippen LogP contribution in [0.4, 0.5) is 21.8 Å². The molecule has 0 aromatic carbocycles. The first kappa shape index (κ1) is 17.6. The molecule has 9 nitrogen and oxygen atoms in total. The van der Waals surface area contributed by atoms with Gasteiger partial charge >= 0.3 is 0 Å². The molecule has 0 radical (unpaired) electrons. The van der Waals surface area contributed by atoms with E-state index in [1.165, 1.54) is 0 Å². The lowest BCUT2D eigenvalue weighted by molar-refractivity contribution is -0.130. The van der Waals surface area contributed by atoms with Gasteiger partial charge in [0, 0.05) is 32.4 Å². The van der Waals surface area contributed by atoms with Gasteiger partial charge in [-0.15, -0.1) is 0 Å². The van der Waals surface area contributed by atoms with Crippen molar-refractivity contribution in [2.45, 2.75) is 25.3 Å². The largest absolute Gasteiger partial charge is 0.365 e. The Balaban J connectivity index is 1.65. The van der Waals surface area contributed by atoms with Crippen LogP contribution < -0.4 is 10.6 Å². The molecule has 1 atom stereocenters. The topological polar surface area (TPSA) is 112 Å². The van der Waals surface area contributed by atoms with Gasteiger partial charge in [-0.1, -0.05) is 0 Å². The number of amides is 1. The third kappa shape index (κ3) is 4.05. The summed E-state index contributed by atoms with van der Waals surface area (Å²) in [6, 6.07) is 1.79. The van der Waals surface area contributed by atoms with E-state index >= 15 is 0 Å². The number of carbonyl (C=O) groups is 1. The van der Waals surface area contributed by atoms with Crippen LogP contribution in [0.3, 0.4) is 0 Å². The Morgan fingerprint density at radius 2 is 2.35 bits per heavy atom. The molecule has 0 aliphatic carbocycles. The predicted molar refractivity (Wildman–Crippen MR) is 91.9 cm³/mol. The van der Waals surface area contributed by atoms with E-state index < -0.39 is 5.82 Å². The summed E-state index contributed by atoms with van der Waals surface area (Å²) in [4.78, 5) is 21.7. The molecule has 0 bridgehead atoms. The first-order valence-corrected chi connectivity index (χ1v) is 8.25. The number of rotatable bonds is 6. The zero-order valence-electron chi connectivity index (χ0n) is 14.3. The van der Waals surface area contributed by atoms with Gasteiger partial charge in [-0.2, -0.15) is 15.3 Å². The van der Waals surface area contributed by atoms with Crippen molar-refractivity contribution in [3.63, 3.8) is 0 Å². The second-order valence-electron chi connectivity index (χ2n) is 6.02. The van der Waals surface area contributed by atoms with Crippen molar-refractivity contribution in [3.8, 4) is 6.07 Å². The molecule has 2 aromatic rings.